The van der Waals surface area contributed by atoms with E-state index in [2.05, 4.69) is 17.2 Å². The minimum Gasteiger partial charge on any atom is -0.451 e. The van der Waals surface area contributed by atoms with Crippen molar-refractivity contribution in [2.24, 2.45) is 0 Å². The summed E-state index contributed by atoms with van der Waals surface area (Å²) in [5.41, 5.74) is 0.239. The van der Waals surface area contributed by atoms with Crippen molar-refractivity contribution < 1.29 is 14.3 Å². The lowest BCUT2D eigenvalue weighted by Crippen LogP contribution is -2.35. The molecule has 0 aromatic carbocycles. The Morgan fingerprint density at radius 2 is 2.23 bits per heavy atom. The number of carbonyl (C=O) groups excluding carboxylic acids is 2. The summed E-state index contributed by atoms with van der Waals surface area (Å²) in [4.78, 5) is 28.8. The monoisotopic (exact) mass is 338 g/mol. The van der Waals surface area contributed by atoms with Gasteiger partial charge >= 0.3 is 5.97 Å². The van der Waals surface area contributed by atoms with Gasteiger partial charge in [0.05, 0.1) is 4.88 Å². The molecule has 0 spiro atoms. The highest BCUT2D eigenvalue weighted by Gasteiger charge is 2.15. The summed E-state index contributed by atoms with van der Waals surface area (Å²) in [6, 6.07) is 3.96. The molecule has 0 unspecified atom stereocenters. The molecule has 0 saturated heterocycles. The van der Waals surface area contributed by atoms with Gasteiger partial charge in [0.2, 0.25) is 0 Å². The number of hydrogen-bond donors (Lipinski definition) is 1. The number of esters is 1. The average molecular weight is 338 g/mol. The van der Waals surface area contributed by atoms with E-state index in [4.69, 9.17) is 4.74 Å². The molecule has 2 aromatic rings. The first-order valence-electron chi connectivity index (χ1n) is 7.06. The molecule has 2 rings (SSSR count). The fourth-order valence-corrected chi connectivity index (χ4v) is 3.51. The normalized spacial score (nSPS) is 11.9. The molecule has 2 aromatic heterocycles. The van der Waals surface area contributed by atoms with Gasteiger partial charge in [-0.15, -0.1) is 22.7 Å². The van der Waals surface area contributed by atoms with Crippen molar-refractivity contribution in [1.82, 2.24) is 10.3 Å². The van der Waals surface area contributed by atoms with Crippen molar-refractivity contribution in [3.8, 4) is 9.88 Å². The lowest BCUT2D eigenvalue weighted by atomic mass is 10.2. The molecule has 1 N–H and O–H groups in total. The van der Waals surface area contributed by atoms with Crippen LogP contribution in [-0.4, -0.2) is 29.5 Å². The molecule has 118 valence electrons. The van der Waals surface area contributed by atoms with Crippen LogP contribution in [0.15, 0.2) is 22.9 Å². The van der Waals surface area contributed by atoms with Gasteiger partial charge in [0, 0.05) is 11.4 Å². The summed E-state index contributed by atoms with van der Waals surface area (Å²) in [6.45, 7) is 3.70. The van der Waals surface area contributed by atoms with Crippen LogP contribution < -0.4 is 5.32 Å². The van der Waals surface area contributed by atoms with E-state index in [0.717, 1.165) is 22.7 Å². The van der Waals surface area contributed by atoms with Gasteiger partial charge < -0.3 is 10.1 Å². The molecule has 0 aliphatic carbocycles. The number of nitrogens with zero attached hydrogens (tertiary/aromatic N) is 1. The number of rotatable bonds is 7. The third-order valence-corrected chi connectivity index (χ3v) is 4.79. The fraction of sp³-hybridized carbons (Fsp3) is 0.400. The Kier molecular flexibility index (Phi) is 6.09. The van der Waals surface area contributed by atoms with E-state index in [9.17, 15) is 9.59 Å². The number of hydrogen-bond acceptors (Lipinski definition) is 6. The average Bonchev–Trinajstić information content (AvgIpc) is 3.15. The van der Waals surface area contributed by atoms with E-state index < -0.39 is 5.97 Å². The Morgan fingerprint density at radius 3 is 2.91 bits per heavy atom. The third kappa shape index (κ3) is 4.64. The predicted molar refractivity (Wildman–Crippen MR) is 88.2 cm³/mol. The summed E-state index contributed by atoms with van der Waals surface area (Å²) in [5.74, 6) is -0.861. The Bertz CT molecular complexity index is 623. The highest BCUT2D eigenvalue weighted by Crippen LogP contribution is 2.27. The third-order valence-electron chi connectivity index (χ3n) is 2.91. The van der Waals surface area contributed by atoms with E-state index in [1.54, 1.807) is 16.7 Å². The lowest BCUT2D eigenvalue weighted by molar-refractivity contribution is -0.124. The molecule has 1 atom stereocenters. The van der Waals surface area contributed by atoms with E-state index >= 15 is 0 Å². The molecule has 22 heavy (non-hydrogen) atoms. The van der Waals surface area contributed by atoms with E-state index in [0.29, 0.717) is 0 Å². The number of thiazole rings is 1. The van der Waals surface area contributed by atoms with Crippen LogP contribution in [0.5, 0.6) is 0 Å². The molecule has 7 heteroatoms. The standard InChI is InChI=1S/C15H18N2O3S2/c1-3-5-10(2)16-13(18)8-20-15(19)11-9-22-14(17-11)12-6-4-7-21-12/h4,6-7,9-10H,3,5,8H2,1-2H3,(H,16,18)/t10-/m1/s1. The smallest absolute Gasteiger partial charge is 0.358 e. The minimum absolute atomic E-state index is 0.0842. The van der Waals surface area contributed by atoms with Gasteiger partial charge in [-0.25, -0.2) is 9.78 Å². The summed E-state index contributed by atoms with van der Waals surface area (Å²) >= 11 is 2.95. The molecule has 2 heterocycles. The highest BCUT2D eigenvalue weighted by atomic mass is 32.1. The van der Waals surface area contributed by atoms with Gasteiger partial charge in [0.1, 0.15) is 5.01 Å². The maximum absolute atomic E-state index is 11.9. The number of thiophene rings is 1. The van der Waals surface area contributed by atoms with Gasteiger partial charge in [-0.3, -0.25) is 4.79 Å². The second-order valence-corrected chi connectivity index (χ2v) is 6.65. The first-order valence-corrected chi connectivity index (χ1v) is 8.82. The fourth-order valence-electron chi connectivity index (χ4n) is 1.91. The topological polar surface area (TPSA) is 68.3 Å². The van der Waals surface area contributed by atoms with E-state index in [1.165, 1.54) is 11.3 Å². The van der Waals surface area contributed by atoms with Crippen LogP contribution >= 0.6 is 22.7 Å². The van der Waals surface area contributed by atoms with Crippen LogP contribution in [0.2, 0.25) is 0 Å². The highest BCUT2D eigenvalue weighted by molar-refractivity contribution is 7.20. The zero-order valence-electron chi connectivity index (χ0n) is 12.5. The Balaban J connectivity index is 1.84. The van der Waals surface area contributed by atoms with Crippen LogP contribution in [0.4, 0.5) is 0 Å². The van der Waals surface area contributed by atoms with Gasteiger partial charge in [-0.2, -0.15) is 0 Å². The molecule has 0 aliphatic heterocycles. The molecule has 0 saturated carbocycles. The maximum Gasteiger partial charge on any atom is 0.358 e. The summed E-state index contributed by atoms with van der Waals surface area (Å²) in [6.07, 6.45) is 1.89. The Morgan fingerprint density at radius 1 is 1.41 bits per heavy atom. The second kappa shape index (κ2) is 8.05. The zero-order chi connectivity index (χ0) is 15.9. The van der Waals surface area contributed by atoms with Crippen LogP contribution in [0, 0.1) is 0 Å². The van der Waals surface area contributed by atoms with Gasteiger partial charge in [-0.05, 0) is 24.8 Å². The minimum atomic E-state index is -0.572. The first kappa shape index (κ1) is 16.6. The Hall–Kier alpha value is -1.73. The summed E-state index contributed by atoms with van der Waals surface area (Å²) in [5, 5.41) is 7.17. The number of aromatic nitrogens is 1. The van der Waals surface area contributed by atoms with E-state index in [-0.39, 0.29) is 24.2 Å². The van der Waals surface area contributed by atoms with Gasteiger partial charge in [-0.1, -0.05) is 19.4 Å². The molecular weight excluding hydrogens is 320 g/mol. The number of nitrogens with one attached hydrogen (secondary N) is 1. The quantitative estimate of drug-likeness (QED) is 0.786. The largest absolute Gasteiger partial charge is 0.451 e. The summed E-state index contributed by atoms with van der Waals surface area (Å²) < 4.78 is 5.00. The van der Waals surface area contributed by atoms with Crippen LogP contribution in [-0.2, 0) is 9.53 Å². The van der Waals surface area contributed by atoms with Crippen molar-refractivity contribution in [1.29, 1.82) is 0 Å². The Labute approximate surface area is 137 Å². The van der Waals surface area contributed by atoms with Crippen molar-refractivity contribution in [3.63, 3.8) is 0 Å². The van der Waals surface area contributed by atoms with Gasteiger partial charge in [0.25, 0.3) is 5.91 Å². The SMILES string of the molecule is CCC[C@@H](C)NC(=O)COC(=O)c1csc(-c2cccs2)n1. The maximum atomic E-state index is 11.9. The number of amides is 1. The molecular formula is C15H18N2O3S2. The number of carbonyl (C=O) groups is 2. The van der Waals surface area contributed by atoms with Crippen molar-refractivity contribution in [2.45, 2.75) is 32.7 Å². The molecule has 0 aliphatic rings. The zero-order valence-corrected chi connectivity index (χ0v) is 14.1. The predicted octanol–water partition coefficient (Wildman–Crippen LogP) is 3.33. The van der Waals surface area contributed by atoms with Gasteiger partial charge in [0.15, 0.2) is 12.3 Å². The molecule has 0 radical (unpaired) electrons. The van der Waals surface area contributed by atoms with Crippen LogP contribution in [0.25, 0.3) is 9.88 Å². The first-order chi connectivity index (χ1) is 10.6. The van der Waals surface area contributed by atoms with Crippen molar-refractivity contribution in [2.75, 3.05) is 6.61 Å². The molecule has 0 bridgehead atoms. The van der Waals surface area contributed by atoms with Crippen molar-refractivity contribution in [3.05, 3.63) is 28.6 Å². The van der Waals surface area contributed by atoms with E-state index in [1.807, 2.05) is 24.4 Å². The van der Waals surface area contributed by atoms with Crippen LogP contribution in [0.3, 0.4) is 0 Å². The second-order valence-electron chi connectivity index (χ2n) is 4.85. The lowest BCUT2D eigenvalue weighted by Gasteiger charge is -2.12. The van der Waals surface area contributed by atoms with Crippen LogP contribution in [0.1, 0.15) is 37.2 Å². The molecule has 5 nitrogen and oxygen atoms in total. The molecule has 0 fully saturated rings. The summed E-state index contributed by atoms with van der Waals surface area (Å²) in [7, 11) is 0. The molecule has 1 amide bonds. The van der Waals surface area contributed by atoms with Crippen molar-refractivity contribution >= 4 is 34.6 Å². The number of ether oxygens (including phenoxy) is 1.